The Morgan fingerprint density at radius 2 is 2.09 bits per heavy atom. The molecule has 0 aliphatic rings. The topological polar surface area (TPSA) is 65.7 Å². The number of para-hydroxylation sites is 1. The van der Waals surface area contributed by atoms with Crippen molar-refractivity contribution in [2.75, 3.05) is 6.61 Å². The van der Waals surface area contributed by atoms with Crippen molar-refractivity contribution in [3.05, 3.63) is 59.5 Å². The Balaban J connectivity index is 1.81. The number of esters is 1. The predicted molar refractivity (Wildman–Crippen MR) is 84.5 cm³/mol. The van der Waals surface area contributed by atoms with Crippen LogP contribution in [0.2, 0.25) is 0 Å². The Bertz CT molecular complexity index is 842. The normalized spacial score (nSPS) is 10.7. The molecule has 0 radical (unpaired) electrons. The van der Waals surface area contributed by atoms with Crippen LogP contribution in [-0.2, 0) is 11.3 Å². The maximum Gasteiger partial charge on any atom is 0.344 e. The molecule has 3 aromatic rings. The highest BCUT2D eigenvalue weighted by Gasteiger charge is 2.20. The van der Waals surface area contributed by atoms with Crippen molar-refractivity contribution in [2.24, 2.45) is 0 Å². The Kier molecular flexibility index (Phi) is 4.23. The number of hydrogen-bond donors (Lipinski definition) is 0. The average molecular weight is 311 g/mol. The first-order valence-electron chi connectivity index (χ1n) is 7.38. The SMILES string of the molecule is CCOc1ccccc1COC(=O)c1c(C)nn2cccnc12. The van der Waals surface area contributed by atoms with Crippen LogP contribution in [0.5, 0.6) is 5.75 Å². The van der Waals surface area contributed by atoms with Crippen molar-refractivity contribution in [3.8, 4) is 5.75 Å². The first-order valence-corrected chi connectivity index (χ1v) is 7.38. The van der Waals surface area contributed by atoms with Crippen LogP contribution in [0.3, 0.4) is 0 Å². The Labute approximate surface area is 133 Å². The molecule has 0 unspecified atom stereocenters. The van der Waals surface area contributed by atoms with Gasteiger partial charge in [0.25, 0.3) is 0 Å². The molecule has 2 aromatic heterocycles. The summed E-state index contributed by atoms with van der Waals surface area (Å²) < 4.78 is 12.5. The lowest BCUT2D eigenvalue weighted by Gasteiger charge is -2.10. The third-order valence-electron chi connectivity index (χ3n) is 3.41. The van der Waals surface area contributed by atoms with Gasteiger partial charge in [0.15, 0.2) is 5.65 Å². The molecule has 0 aliphatic heterocycles. The molecule has 2 heterocycles. The van der Waals surface area contributed by atoms with Gasteiger partial charge in [0.1, 0.15) is 17.9 Å². The van der Waals surface area contributed by atoms with Crippen LogP contribution in [0, 0.1) is 6.92 Å². The molecule has 0 amide bonds. The number of fused-ring (bicyclic) bond motifs is 1. The predicted octanol–water partition coefficient (Wildman–Crippen LogP) is 2.79. The molecule has 3 rings (SSSR count). The highest BCUT2D eigenvalue weighted by atomic mass is 16.5. The zero-order chi connectivity index (χ0) is 16.2. The highest BCUT2D eigenvalue weighted by molar-refractivity contribution is 5.97. The van der Waals surface area contributed by atoms with Gasteiger partial charge in [-0.25, -0.2) is 14.3 Å². The fraction of sp³-hybridized carbons (Fsp3) is 0.235. The van der Waals surface area contributed by atoms with E-state index in [2.05, 4.69) is 10.1 Å². The van der Waals surface area contributed by atoms with E-state index in [0.29, 0.717) is 23.5 Å². The average Bonchev–Trinajstić information content (AvgIpc) is 2.90. The van der Waals surface area contributed by atoms with Gasteiger partial charge >= 0.3 is 5.97 Å². The molecule has 0 saturated carbocycles. The van der Waals surface area contributed by atoms with Crippen molar-refractivity contribution in [2.45, 2.75) is 20.5 Å². The molecule has 0 bridgehead atoms. The van der Waals surface area contributed by atoms with Crippen molar-refractivity contribution in [1.82, 2.24) is 14.6 Å². The van der Waals surface area contributed by atoms with E-state index in [1.165, 1.54) is 0 Å². The third-order valence-corrected chi connectivity index (χ3v) is 3.41. The second kappa shape index (κ2) is 6.48. The molecule has 0 spiro atoms. The van der Waals surface area contributed by atoms with E-state index < -0.39 is 5.97 Å². The van der Waals surface area contributed by atoms with E-state index in [1.807, 2.05) is 31.2 Å². The molecule has 0 N–H and O–H groups in total. The van der Waals surface area contributed by atoms with E-state index in [4.69, 9.17) is 9.47 Å². The standard InChI is InChI=1S/C17H17N3O3/c1-3-22-14-8-5-4-7-13(14)11-23-17(21)15-12(2)19-20-10-6-9-18-16(15)20/h4-10H,3,11H2,1-2H3. The minimum atomic E-state index is -0.442. The summed E-state index contributed by atoms with van der Waals surface area (Å²) in [6.07, 6.45) is 3.37. The molecule has 0 fully saturated rings. The van der Waals surface area contributed by atoms with Crippen LogP contribution in [-0.4, -0.2) is 27.2 Å². The molecule has 6 heteroatoms. The molecular formula is C17H17N3O3. The Morgan fingerprint density at radius 1 is 1.26 bits per heavy atom. The quantitative estimate of drug-likeness (QED) is 0.678. The summed E-state index contributed by atoms with van der Waals surface area (Å²) in [5, 5.41) is 4.26. The van der Waals surface area contributed by atoms with Gasteiger partial charge in [-0.05, 0) is 26.0 Å². The highest BCUT2D eigenvalue weighted by Crippen LogP contribution is 2.20. The molecule has 23 heavy (non-hydrogen) atoms. The maximum atomic E-state index is 12.4. The monoisotopic (exact) mass is 311 g/mol. The van der Waals surface area contributed by atoms with Crippen molar-refractivity contribution < 1.29 is 14.3 Å². The molecule has 0 saturated heterocycles. The fourth-order valence-electron chi connectivity index (χ4n) is 2.37. The largest absolute Gasteiger partial charge is 0.493 e. The van der Waals surface area contributed by atoms with Gasteiger partial charge in [0, 0.05) is 18.0 Å². The summed E-state index contributed by atoms with van der Waals surface area (Å²) in [5.74, 6) is 0.278. The fourth-order valence-corrected chi connectivity index (χ4v) is 2.37. The van der Waals surface area contributed by atoms with Crippen LogP contribution < -0.4 is 4.74 Å². The van der Waals surface area contributed by atoms with Crippen molar-refractivity contribution >= 4 is 11.6 Å². The second-order valence-corrected chi connectivity index (χ2v) is 4.97. The van der Waals surface area contributed by atoms with Crippen LogP contribution in [0.4, 0.5) is 0 Å². The lowest BCUT2D eigenvalue weighted by Crippen LogP contribution is -2.08. The van der Waals surface area contributed by atoms with Gasteiger partial charge in [0.05, 0.1) is 12.3 Å². The molecule has 118 valence electrons. The lowest BCUT2D eigenvalue weighted by molar-refractivity contribution is 0.0471. The summed E-state index contributed by atoms with van der Waals surface area (Å²) in [6.45, 7) is 4.37. The number of ether oxygens (including phenoxy) is 2. The number of aromatic nitrogens is 3. The first-order chi connectivity index (χ1) is 11.2. The molecular weight excluding hydrogens is 294 g/mol. The minimum absolute atomic E-state index is 0.138. The number of rotatable bonds is 5. The molecule has 0 aliphatic carbocycles. The molecule has 6 nitrogen and oxygen atoms in total. The number of carbonyl (C=O) groups excluding carboxylic acids is 1. The van der Waals surface area contributed by atoms with E-state index in [0.717, 1.165) is 11.3 Å². The van der Waals surface area contributed by atoms with E-state index in [1.54, 1.807) is 29.9 Å². The van der Waals surface area contributed by atoms with Gasteiger partial charge in [-0.15, -0.1) is 0 Å². The zero-order valence-corrected chi connectivity index (χ0v) is 13.0. The van der Waals surface area contributed by atoms with Crippen LogP contribution in [0.15, 0.2) is 42.7 Å². The zero-order valence-electron chi connectivity index (χ0n) is 13.0. The van der Waals surface area contributed by atoms with Crippen LogP contribution in [0.25, 0.3) is 5.65 Å². The summed E-state index contributed by atoms with van der Waals surface area (Å²) in [7, 11) is 0. The summed E-state index contributed by atoms with van der Waals surface area (Å²) in [6, 6.07) is 9.25. The number of hydrogen-bond acceptors (Lipinski definition) is 5. The second-order valence-electron chi connectivity index (χ2n) is 4.97. The van der Waals surface area contributed by atoms with Crippen molar-refractivity contribution in [3.63, 3.8) is 0 Å². The summed E-state index contributed by atoms with van der Waals surface area (Å²) >= 11 is 0. The van der Waals surface area contributed by atoms with E-state index in [-0.39, 0.29) is 6.61 Å². The Hall–Kier alpha value is -2.89. The van der Waals surface area contributed by atoms with Gasteiger partial charge in [0.2, 0.25) is 0 Å². The van der Waals surface area contributed by atoms with Gasteiger partial charge in [-0.3, -0.25) is 0 Å². The number of carbonyl (C=O) groups is 1. The first kappa shape index (κ1) is 15.0. The van der Waals surface area contributed by atoms with Crippen LogP contribution in [0.1, 0.15) is 28.5 Å². The number of nitrogens with zero attached hydrogens (tertiary/aromatic N) is 3. The smallest absolute Gasteiger partial charge is 0.344 e. The van der Waals surface area contributed by atoms with E-state index >= 15 is 0 Å². The minimum Gasteiger partial charge on any atom is -0.493 e. The van der Waals surface area contributed by atoms with Gasteiger partial charge in [-0.2, -0.15) is 5.10 Å². The maximum absolute atomic E-state index is 12.4. The summed E-state index contributed by atoms with van der Waals surface area (Å²) in [4.78, 5) is 16.6. The molecule has 0 atom stereocenters. The number of aryl methyl sites for hydroxylation is 1. The lowest BCUT2D eigenvalue weighted by atomic mass is 10.2. The number of benzene rings is 1. The van der Waals surface area contributed by atoms with Crippen molar-refractivity contribution in [1.29, 1.82) is 0 Å². The summed E-state index contributed by atoms with van der Waals surface area (Å²) in [5.41, 5.74) is 2.30. The Morgan fingerprint density at radius 3 is 2.91 bits per heavy atom. The molecule has 1 aromatic carbocycles. The van der Waals surface area contributed by atoms with Gasteiger partial charge in [-0.1, -0.05) is 18.2 Å². The van der Waals surface area contributed by atoms with Gasteiger partial charge < -0.3 is 9.47 Å². The van der Waals surface area contributed by atoms with Crippen LogP contribution >= 0.6 is 0 Å². The third kappa shape index (κ3) is 3.01. The van der Waals surface area contributed by atoms with E-state index in [9.17, 15) is 4.79 Å².